The van der Waals surface area contributed by atoms with Crippen LogP contribution in [0.4, 0.5) is 4.39 Å². The van der Waals surface area contributed by atoms with Gasteiger partial charge in [0.2, 0.25) is 10.0 Å². The molecule has 8 heteroatoms. The van der Waals surface area contributed by atoms with Crippen molar-refractivity contribution >= 4 is 15.9 Å². The van der Waals surface area contributed by atoms with Crippen LogP contribution in [0.25, 0.3) is 0 Å². The van der Waals surface area contributed by atoms with Gasteiger partial charge in [0.1, 0.15) is 11.6 Å². The Hall–Kier alpha value is -1.67. The highest BCUT2D eigenvalue weighted by atomic mass is 32.2. The van der Waals surface area contributed by atoms with E-state index in [9.17, 15) is 17.6 Å². The zero-order valence-electron chi connectivity index (χ0n) is 12.4. The lowest BCUT2D eigenvalue weighted by Gasteiger charge is -2.33. The van der Waals surface area contributed by atoms with Crippen molar-refractivity contribution in [2.24, 2.45) is 0 Å². The average Bonchev–Trinajstić information content (AvgIpc) is 2.53. The van der Waals surface area contributed by atoms with Gasteiger partial charge in [-0.3, -0.25) is 4.79 Å². The van der Waals surface area contributed by atoms with Gasteiger partial charge in [0.05, 0.1) is 5.75 Å². The fraction of sp³-hybridized carbons (Fsp3) is 0.500. The lowest BCUT2D eigenvalue weighted by molar-refractivity contribution is -0.134. The van der Waals surface area contributed by atoms with Crippen molar-refractivity contribution in [2.75, 3.05) is 38.5 Å². The summed E-state index contributed by atoms with van der Waals surface area (Å²) in [5.41, 5.74) is 0. The second-order valence-electron chi connectivity index (χ2n) is 4.93. The van der Waals surface area contributed by atoms with Crippen LogP contribution in [0.5, 0.6) is 5.75 Å². The van der Waals surface area contributed by atoms with Gasteiger partial charge in [0.25, 0.3) is 5.91 Å². The molecule has 2 rings (SSSR count). The maximum atomic E-state index is 13.0. The van der Waals surface area contributed by atoms with E-state index in [1.165, 1.54) is 22.5 Å². The lowest BCUT2D eigenvalue weighted by Crippen LogP contribution is -2.51. The molecule has 0 saturated carbocycles. The number of halogens is 1. The van der Waals surface area contributed by atoms with E-state index in [2.05, 4.69) is 0 Å². The number of rotatable bonds is 5. The maximum absolute atomic E-state index is 13.0. The summed E-state index contributed by atoms with van der Waals surface area (Å²) in [5.74, 6) is -0.314. The monoisotopic (exact) mass is 330 g/mol. The molecule has 1 aliphatic heterocycles. The van der Waals surface area contributed by atoms with E-state index >= 15 is 0 Å². The number of carbonyl (C=O) groups is 1. The third kappa shape index (κ3) is 4.17. The summed E-state index contributed by atoms with van der Waals surface area (Å²) in [6, 6.07) is 5.58. The molecule has 122 valence electrons. The van der Waals surface area contributed by atoms with Gasteiger partial charge < -0.3 is 9.64 Å². The molecule has 22 heavy (non-hydrogen) atoms. The largest absolute Gasteiger partial charge is 0.484 e. The summed E-state index contributed by atoms with van der Waals surface area (Å²) >= 11 is 0. The summed E-state index contributed by atoms with van der Waals surface area (Å²) in [6.07, 6.45) is 0. The van der Waals surface area contributed by atoms with Gasteiger partial charge in [-0.2, -0.15) is 4.31 Å². The van der Waals surface area contributed by atoms with E-state index < -0.39 is 15.8 Å². The molecule has 1 amide bonds. The van der Waals surface area contributed by atoms with Crippen molar-refractivity contribution in [1.82, 2.24) is 9.21 Å². The fourth-order valence-corrected chi connectivity index (χ4v) is 3.28. The highest BCUT2D eigenvalue weighted by molar-refractivity contribution is 7.89. The zero-order chi connectivity index (χ0) is 16.2. The van der Waals surface area contributed by atoms with Gasteiger partial charge in [0, 0.05) is 32.2 Å². The molecule has 1 aromatic carbocycles. The Kier molecular flexibility index (Phi) is 5.36. The van der Waals surface area contributed by atoms with Crippen LogP contribution in [-0.2, 0) is 14.8 Å². The summed E-state index contributed by atoms with van der Waals surface area (Å²) < 4.78 is 43.1. The first kappa shape index (κ1) is 16.7. The Balaban J connectivity index is 1.83. The number of hydrogen-bond acceptors (Lipinski definition) is 4. The highest BCUT2D eigenvalue weighted by Crippen LogP contribution is 2.13. The van der Waals surface area contributed by atoms with Crippen LogP contribution in [0.3, 0.4) is 0 Å². The topological polar surface area (TPSA) is 66.9 Å². The predicted molar refractivity (Wildman–Crippen MR) is 79.5 cm³/mol. The number of benzene rings is 1. The van der Waals surface area contributed by atoms with Crippen molar-refractivity contribution in [1.29, 1.82) is 0 Å². The molecule has 6 nitrogen and oxygen atoms in total. The molecule has 1 aromatic rings. The molecule has 0 radical (unpaired) electrons. The number of sulfonamides is 1. The van der Waals surface area contributed by atoms with Gasteiger partial charge in [-0.1, -0.05) is 6.07 Å². The molecule has 1 fully saturated rings. The molecule has 0 spiro atoms. The van der Waals surface area contributed by atoms with E-state index in [0.717, 1.165) is 0 Å². The first-order valence-electron chi connectivity index (χ1n) is 7.06. The SMILES string of the molecule is CCS(=O)(=O)N1CCN(C(=O)COc2cccc(F)c2)CC1. The van der Waals surface area contributed by atoms with E-state index in [1.807, 2.05) is 0 Å². The van der Waals surface area contributed by atoms with E-state index in [0.29, 0.717) is 31.9 Å². The Labute approximate surface area is 129 Å². The number of nitrogens with zero attached hydrogens (tertiary/aromatic N) is 2. The van der Waals surface area contributed by atoms with Crippen LogP contribution in [0.2, 0.25) is 0 Å². The molecule has 0 unspecified atom stereocenters. The van der Waals surface area contributed by atoms with Crippen LogP contribution in [0, 0.1) is 5.82 Å². The second-order valence-corrected chi connectivity index (χ2v) is 7.18. The van der Waals surface area contributed by atoms with Crippen molar-refractivity contribution in [3.63, 3.8) is 0 Å². The summed E-state index contributed by atoms with van der Waals surface area (Å²) in [5, 5.41) is 0. The van der Waals surface area contributed by atoms with E-state index in [-0.39, 0.29) is 18.3 Å². The number of carbonyl (C=O) groups excluding carboxylic acids is 1. The Morgan fingerprint density at radius 1 is 1.27 bits per heavy atom. The molecule has 1 heterocycles. The quantitative estimate of drug-likeness (QED) is 0.797. The van der Waals surface area contributed by atoms with E-state index in [1.54, 1.807) is 17.9 Å². The third-order valence-corrected chi connectivity index (χ3v) is 5.39. The van der Waals surface area contributed by atoms with Crippen LogP contribution >= 0.6 is 0 Å². The molecule has 1 aliphatic rings. The fourth-order valence-electron chi connectivity index (χ4n) is 2.19. The summed E-state index contributed by atoms with van der Waals surface area (Å²) in [4.78, 5) is 13.6. The van der Waals surface area contributed by atoms with Crippen molar-refractivity contribution in [3.8, 4) is 5.75 Å². The maximum Gasteiger partial charge on any atom is 0.260 e. The second kappa shape index (κ2) is 7.06. The minimum atomic E-state index is -3.21. The van der Waals surface area contributed by atoms with Gasteiger partial charge >= 0.3 is 0 Å². The van der Waals surface area contributed by atoms with Crippen molar-refractivity contribution < 1.29 is 22.3 Å². The molecule has 0 aliphatic carbocycles. The zero-order valence-corrected chi connectivity index (χ0v) is 13.2. The standard InChI is InChI=1S/C14H19FN2O4S/c1-2-22(19,20)17-8-6-16(7-9-17)14(18)11-21-13-5-3-4-12(15)10-13/h3-5,10H,2,6-9,11H2,1H3. The smallest absolute Gasteiger partial charge is 0.260 e. The van der Waals surface area contributed by atoms with Crippen LogP contribution in [0.15, 0.2) is 24.3 Å². The van der Waals surface area contributed by atoms with Crippen molar-refractivity contribution in [3.05, 3.63) is 30.1 Å². The molecular weight excluding hydrogens is 311 g/mol. The van der Waals surface area contributed by atoms with Gasteiger partial charge in [0.15, 0.2) is 6.61 Å². The summed E-state index contributed by atoms with van der Waals surface area (Å²) in [7, 11) is -3.21. The number of ether oxygens (including phenoxy) is 1. The Morgan fingerprint density at radius 3 is 2.55 bits per heavy atom. The van der Waals surface area contributed by atoms with Crippen LogP contribution in [-0.4, -0.2) is 62.1 Å². The van der Waals surface area contributed by atoms with Gasteiger partial charge in [-0.05, 0) is 19.1 Å². The predicted octanol–water partition coefficient (Wildman–Crippen LogP) is 0.698. The normalized spacial score (nSPS) is 16.5. The van der Waals surface area contributed by atoms with Crippen molar-refractivity contribution in [2.45, 2.75) is 6.92 Å². The Morgan fingerprint density at radius 2 is 1.95 bits per heavy atom. The molecule has 0 bridgehead atoms. The number of piperazine rings is 1. The lowest BCUT2D eigenvalue weighted by atomic mass is 10.3. The number of hydrogen-bond donors (Lipinski definition) is 0. The third-order valence-electron chi connectivity index (χ3n) is 3.51. The van der Waals surface area contributed by atoms with Gasteiger partial charge in [-0.25, -0.2) is 12.8 Å². The number of amides is 1. The molecule has 0 aromatic heterocycles. The summed E-state index contributed by atoms with van der Waals surface area (Å²) in [6.45, 7) is 2.67. The molecular formula is C14H19FN2O4S. The Bertz CT molecular complexity index is 627. The highest BCUT2D eigenvalue weighted by Gasteiger charge is 2.27. The minimum absolute atomic E-state index is 0.0592. The first-order chi connectivity index (χ1) is 10.4. The minimum Gasteiger partial charge on any atom is -0.484 e. The molecule has 1 saturated heterocycles. The van der Waals surface area contributed by atoms with Crippen LogP contribution in [0.1, 0.15) is 6.92 Å². The molecule has 0 N–H and O–H groups in total. The van der Waals surface area contributed by atoms with Crippen LogP contribution < -0.4 is 4.74 Å². The van der Waals surface area contributed by atoms with Gasteiger partial charge in [-0.15, -0.1) is 0 Å². The average molecular weight is 330 g/mol. The first-order valence-corrected chi connectivity index (χ1v) is 8.67. The molecule has 0 atom stereocenters. The van der Waals surface area contributed by atoms with E-state index in [4.69, 9.17) is 4.74 Å².